The minimum atomic E-state index is -3.47. The van der Waals surface area contributed by atoms with Crippen molar-refractivity contribution >= 4 is 21.9 Å². The van der Waals surface area contributed by atoms with Gasteiger partial charge in [-0.1, -0.05) is 0 Å². The highest BCUT2D eigenvalue weighted by molar-refractivity contribution is 7.93. The second kappa shape index (κ2) is 9.53. The number of anilines is 1. The summed E-state index contributed by atoms with van der Waals surface area (Å²) in [5.41, 5.74) is 2.22. The number of sulfonamides is 1. The summed E-state index contributed by atoms with van der Waals surface area (Å²) in [6.45, 7) is 2.92. The molecule has 0 bridgehead atoms. The lowest BCUT2D eigenvalue weighted by molar-refractivity contribution is 0.0727. The molecule has 0 aromatic carbocycles. The van der Waals surface area contributed by atoms with Crippen molar-refractivity contribution in [1.82, 2.24) is 29.8 Å². The van der Waals surface area contributed by atoms with Crippen molar-refractivity contribution < 1.29 is 17.9 Å². The third kappa shape index (κ3) is 5.06. The van der Waals surface area contributed by atoms with Crippen LogP contribution in [0.25, 0.3) is 11.3 Å². The number of carbonyl (C=O) groups is 1. The van der Waals surface area contributed by atoms with E-state index in [9.17, 15) is 13.2 Å². The molecule has 1 saturated carbocycles. The lowest BCUT2D eigenvalue weighted by Gasteiger charge is -2.24. The van der Waals surface area contributed by atoms with Crippen LogP contribution in [0.2, 0.25) is 0 Å². The molecule has 11 nitrogen and oxygen atoms in total. The summed E-state index contributed by atoms with van der Waals surface area (Å²) in [5.74, 6) is 0.243. The van der Waals surface area contributed by atoms with Gasteiger partial charge in [-0.15, -0.1) is 0 Å². The van der Waals surface area contributed by atoms with Crippen LogP contribution in [0.15, 0.2) is 43.0 Å². The third-order valence-corrected chi connectivity index (χ3v) is 7.73. The average Bonchev–Trinajstić information content (AvgIpc) is 3.62. The van der Waals surface area contributed by atoms with Crippen molar-refractivity contribution in [3.05, 3.63) is 54.4 Å². The van der Waals surface area contributed by atoms with Gasteiger partial charge in [-0.3, -0.25) is 19.5 Å². The molecule has 0 radical (unpaired) electrons. The van der Waals surface area contributed by atoms with Crippen LogP contribution in [0, 0.1) is 0 Å². The minimum absolute atomic E-state index is 0.0339. The molecule has 12 heteroatoms. The van der Waals surface area contributed by atoms with E-state index < -0.39 is 10.0 Å². The van der Waals surface area contributed by atoms with Crippen LogP contribution < -0.4 is 9.46 Å². The van der Waals surface area contributed by atoms with Crippen LogP contribution in [0.1, 0.15) is 54.8 Å². The number of amides is 1. The molecular formula is C23H25N7O4S. The van der Waals surface area contributed by atoms with Gasteiger partial charge >= 0.3 is 0 Å². The van der Waals surface area contributed by atoms with Gasteiger partial charge in [-0.25, -0.2) is 23.4 Å². The third-order valence-electron chi connectivity index (χ3n) is 5.91. The summed E-state index contributed by atoms with van der Waals surface area (Å²) in [5, 5.41) is -0.374. The molecule has 4 heterocycles. The van der Waals surface area contributed by atoms with Crippen molar-refractivity contribution in [2.24, 2.45) is 0 Å². The van der Waals surface area contributed by atoms with E-state index in [1.54, 1.807) is 41.7 Å². The van der Waals surface area contributed by atoms with E-state index in [0.29, 0.717) is 49.0 Å². The second-order valence-corrected chi connectivity index (χ2v) is 10.4. The number of likely N-dealkylation sites (tertiary alicyclic amines) is 1. The van der Waals surface area contributed by atoms with Crippen LogP contribution in [-0.4, -0.2) is 62.5 Å². The number of rotatable bonds is 8. The maximum Gasteiger partial charge on any atom is 0.273 e. The number of pyridine rings is 1. The lowest BCUT2D eigenvalue weighted by Crippen LogP contribution is -2.31. The SMILES string of the molecule is CCOc1cncc(-c2ccc(C(=O)N3CCCC3c3ccnc(NS(=O)(=O)C4CC4)n3)nc2)n1. The van der Waals surface area contributed by atoms with Crippen LogP contribution in [-0.2, 0) is 10.0 Å². The van der Waals surface area contributed by atoms with E-state index in [2.05, 4.69) is 29.6 Å². The number of carbonyl (C=O) groups excluding carboxylic acids is 1. The zero-order valence-electron chi connectivity index (χ0n) is 19.2. The molecule has 2 aliphatic rings. The highest BCUT2D eigenvalue weighted by Crippen LogP contribution is 2.33. The quantitative estimate of drug-likeness (QED) is 0.499. The molecule has 1 unspecified atom stereocenters. The van der Waals surface area contributed by atoms with Crippen LogP contribution in [0.3, 0.4) is 0 Å². The van der Waals surface area contributed by atoms with Gasteiger partial charge in [0, 0.05) is 24.5 Å². The van der Waals surface area contributed by atoms with E-state index in [0.717, 1.165) is 18.4 Å². The van der Waals surface area contributed by atoms with Gasteiger partial charge in [-0.05, 0) is 50.8 Å². The van der Waals surface area contributed by atoms with Gasteiger partial charge in [0.2, 0.25) is 21.9 Å². The van der Waals surface area contributed by atoms with E-state index in [-0.39, 0.29) is 23.1 Å². The fourth-order valence-electron chi connectivity index (χ4n) is 4.04. The Morgan fingerprint density at radius 1 is 1.11 bits per heavy atom. The van der Waals surface area contributed by atoms with Gasteiger partial charge in [-0.2, -0.15) is 0 Å². The van der Waals surface area contributed by atoms with Gasteiger partial charge < -0.3 is 9.64 Å². The van der Waals surface area contributed by atoms with Crippen LogP contribution in [0.5, 0.6) is 5.88 Å². The van der Waals surface area contributed by atoms with Crippen LogP contribution in [0.4, 0.5) is 5.95 Å². The summed E-state index contributed by atoms with van der Waals surface area (Å²) < 4.78 is 32.4. The topological polar surface area (TPSA) is 140 Å². The largest absolute Gasteiger partial charge is 0.477 e. The van der Waals surface area contributed by atoms with Crippen molar-refractivity contribution in [2.75, 3.05) is 17.9 Å². The Morgan fingerprint density at radius 2 is 1.97 bits per heavy atom. The standard InChI is InChI=1S/C23H25N7O4S/c1-2-34-21-14-24-13-19(27-21)15-5-8-18(26-12-15)22(31)30-11-3-4-20(30)17-9-10-25-23(28-17)29-35(32,33)16-6-7-16/h5,8-10,12-14,16,20H,2-4,6-7,11H2,1H3,(H,25,28,29). The van der Waals surface area contributed by atoms with Gasteiger partial charge in [0.25, 0.3) is 5.91 Å². The second-order valence-electron chi connectivity index (χ2n) is 8.42. The number of ether oxygens (including phenoxy) is 1. The fraction of sp³-hybridized carbons (Fsp3) is 0.391. The number of hydrogen-bond acceptors (Lipinski definition) is 9. The zero-order chi connectivity index (χ0) is 24.4. The molecular weight excluding hydrogens is 470 g/mol. The summed E-state index contributed by atoms with van der Waals surface area (Å²) in [7, 11) is -3.47. The molecule has 182 valence electrons. The van der Waals surface area contributed by atoms with E-state index in [4.69, 9.17) is 4.74 Å². The molecule has 35 heavy (non-hydrogen) atoms. The molecule has 0 spiro atoms. The first-order valence-corrected chi connectivity index (χ1v) is 13.1. The summed E-state index contributed by atoms with van der Waals surface area (Å²) in [4.78, 5) is 36.4. The number of aromatic nitrogens is 5. The van der Waals surface area contributed by atoms with Gasteiger partial charge in [0.1, 0.15) is 5.69 Å². The monoisotopic (exact) mass is 495 g/mol. The van der Waals surface area contributed by atoms with Crippen molar-refractivity contribution in [3.8, 4) is 17.1 Å². The summed E-state index contributed by atoms with van der Waals surface area (Å²) >= 11 is 0. The molecule has 1 aliphatic heterocycles. The van der Waals surface area contributed by atoms with Gasteiger partial charge in [0.15, 0.2) is 0 Å². The van der Waals surface area contributed by atoms with Gasteiger partial charge in [0.05, 0.1) is 41.7 Å². The predicted molar refractivity (Wildman–Crippen MR) is 127 cm³/mol. The Kier molecular flexibility index (Phi) is 6.29. The molecule has 1 atom stereocenters. The smallest absolute Gasteiger partial charge is 0.273 e. The average molecular weight is 496 g/mol. The molecule has 1 saturated heterocycles. The molecule has 1 N–H and O–H groups in total. The lowest BCUT2D eigenvalue weighted by atomic mass is 10.1. The van der Waals surface area contributed by atoms with Crippen molar-refractivity contribution in [3.63, 3.8) is 0 Å². The summed E-state index contributed by atoms with van der Waals surface area (Å²) in [6, 6.07) is 4.87. The summed E-state index contributed by atoms with van der Waals surface area (Å²) in [6.07, 6.45) is 9.08. The molecule has 3 aromatic rings. The van der Waals surface area contributed by atoms with E-state index in [1.807, 2.05) is 6.92 Å². The Bertz CT molecular complexity index is 1330. The Balaban J connectivity index is 1.32. The van der Waals surface area contributed by atoms with E-state index in [1.165, 1.54) is 6.20 Å². The van der Waals surface area contributed by atoms with Crippen LogP contribution >= 0.6 is 0 Å². The number of nitrogens with zero attached hydrogens (tertiary/aromatic N) is 6. The minimum Gasteiger partial charge on any atom is -0.477 e. The molecule has 1 amide bonds. The first kappa shape index (κ1) is 23.1. The fourth-order valence-corrected chi connectivity index (χ4v) is 5.31. The molecule has 2 fully saturated rings. The first-order chi connectivity index (χ1) is 16.9. The Hall–Kier alpha value is -3.67. The highest BCUT2D eigenvalue weighted by atomic mass is 32.2. The molecule has 3 aromatic heterocycles. The normalized spacial score (nSPS) is 17.9. The maximum atomic E-state index is 13.3. The molecule has 1 aliphatic carbocycles. The predicted octanol–water partition coefficient (Wildman–Crippen LogP) is 2.61. The first-order valence-electron chi connectivity index (χ1n) is 11.5. The number of nitrogens with one attached hydrogen (secondary N) is 1. The highest BCUT2D eigenvalue weighted by Gasteiger charge is 2.37. The zero-order valence-corrected chi connectivity index (χ0v) is 20.0. The molecule has 5 rings (SSSR count). The van der Waals surface area contributed by atoms with Crippen molar-refractivity contribution in [2.45, 2.75) is 43.9 Å². The number of hydrogen-bond donors (Lipinski definition) is 1. The maximum absolute atomic E-state index is 13.3. The van der Waals surface area contributed by atoms with E-state index >= 15 is 0 Å². The Morgan fingerprint density at radius 3 is 2.71 bits per heavy atom. The Labute approximate surface area is 203 Å². The van der Waals surface area contributed by atoms with Crippen molar-refractivity contribution in [1.29, 1.82) is 0 Å².